The van der Waals surface area contributed by atoms with Gasteiger partial charge in [0, 0.05) is 32.4 Å². The van der Waals surface area contributed by atoms with Crippen molar-refractivity contribution >= 4 is 17.4 Å². The number of nitrogens with zero attached hydrogens (tertiary/aromatic N) is 2. The van der Waals surface area contributed by atoms with Crippen LogP contribution >= 0.6 is 11.6 Å². The second-order valence-electron chi connectivity index (χ2n) is 4.57. The molecule has 0 saturated carbocycles. The molecule has 5 heteroatoms. The van der Waals surface area contributed by atoms with E-state index in [4.69, 9.17) is 16.3 Å². The van der Waals surface area contributed by atoms with Crippen LogP contribution in [0.25, 0.3) is 0 Å². The molecule has 18 heavy (non-hydrogen) atoms. The standard InChI is InChI=1S/C13H20ClN3O/c1-18-8-7-17(10-12-3-2-6-15-12)13-5-4-11(14)9-16-13/h4-5,9,12,15H,2-3,6-8,10H2,1H3. The molecule has 1 N–H and O–H groups in total. The predicted octanol–water partition coefficient (Wildman–Crippen LogP) is 1.94. The van der Waals surface area contributed by atoms with Crippen molar-refractivity contribution in [2.75, 3.05) is 38.3 Å². The summed E-state index contributed by atoms with van der Waals surface area (Å²) in [6, 6.07) is 4.40. The minimum Gasteiger partial charge on any atom is -0.383 e. The normalized spacial score (nSPS) is 19.1. The lowest BCUT2D eigenvalue weighted by molar-refractivity contribution is 0.204. The van der Waals surface area contributed by atoms with E-state index in [1.54, 1.807) is 13.3 Å². The Morgan fingerprint density at radius 3 is 3.06 bits per heavy atom. The van der Waals surface area contributed by atoms with Gasteiger partial charge in [0.25, 0.3) is 0 Å². The first-order valence-corrected chi connectivity index (χ1v) is 6.76. The second kappa shape index (κ2) is 6.92. The maximum absolute atomic E-state index is 5.87. The van der Waals surface area contributed by atoms with Crippen LogP contribution in [0.5, 0.6) is 0 Å². The molecule has 0 spiro atoms. The van der Waals surface area contributed by atoms with E-state index in [-0.39, 0.29) is 0 Å². The summed E-state index contributed by atoms with van der Waals surface area (Å²) < 4.78 is 5.17. The first kappa shape index (κ1) is 13.6. The van der Waals surface area contributed by atoms with Gasteiger partial charge in [-0.2, -0.15) is 0 Å². The van der Waals surface area contributed by atoms with Gasteiger partial charge in [0.1, 0.15) is 5.82 Å². The quantitative estimate of drug-likeness (QED) is 0.857. The molecule has 2 heterocycles. The summed E-state index contributed by atoms with van der Waals surface area (Å²) in [5.74, 6) is 0.963. The van der Waals surface area contributed by atoms with Crippen LogP contribution in [0.15, 0.2) is 18.3 Å². The summed E-state index contributed by atoms with van der Waals surface area (Å²) in [5.41, 5.74) is 0. The van der Waals surface area contributed by atoms with Gasteiger partial charge in [-0.05, 0) is 31.5 Å². The highest BCUT2D eigenvalue weighted by atomic mass is 35.5. The van der Waals surface area contributed by atoms with E-state index in [0.717, 1.165) is 25.5 Å². The van der Waals surface area contributed by atoms with Crippen molar-refractivity contribution in [1.82, 2.24) is 10.3 Å². The first-order valence-electron chi connectivity index (χ1n) is 6.38. The number of aromatic nitrogens is 1. The van der Waals surface area contributed by atoms with E-state index in [2.05, 4.69) is 15.2 Å². The number of hydrogen-bond donors (Lipinski definition) is 1. The van der Waals surface area contributed by atoms with Gasteiger partial charge in [-0.25, -0.2) is 4.98 Å². The van der Waals surface area contributed by atoms with E-state index in [1.165, 1.54) is 12.8 Å². The Morgan fingerprint density at radius 2 is 2.44 bits per heavy atom. The zero-order valence-electron chi connectivity index (χ0n) is 10.7. The topological polar surface area (TPSA) is 37.4 Å². The van der Waals surface area contributed by atoms with E-state index in [9.17, 15) is 0 Å². The lowest BCUT2D eigenvalue weighted by atomic mass is 10.2. The summed E-state index contributed by atoms with van der Waals surface area (Å²) in [7, 11) is 1.72. The van der Waals surface area contributed by atoms with Gasteiger partial charge in [-0.1, -0.05) is 11.6 Å². The van der Waals surface area contributed by atoms with Crippen LogP contribution in [-0.2, 0) is 4.74 Å². The minimum absolute atomic E-state index is 0.555. The lowest BCUT2D eigenvalue weighted by Gasteiger charge is -2.26. The van der Waals surface area contributed by atoms with E-state index < -0.39 is 0 Å². The highest BCUT2D eigenvalue weighted by Gasteiger charge is 2.18. The molecule has 1 aromatic rings. The number of ether oxygens (including phenoxy) is 1. The van der Waals surface area contributed by atoms with Gasteiger partial charge in [-0.3, -0.25) is 0 Å². The molecule has 0 amide bonds. The zero-order valence-corrected chi connectivity index (χ0v) is 11.5. The molecule has 0 aromatic carbocycles. The molecule has 1 fully saturated rings. The molecule has 0 radical (unpaired) electrons. The van der Waals surface area contributed by atoms with Crippen LogP contribution in [0.1, 0.15) is 12.8 Å². The highest BCUT2D eigenvalue weighted by Crippen LogP contribution is 2.16. The molecular weight excluding hydrogens is 250 g/mol. The number of halogens is 1. The summed E-state index contributed by atoms with van der Waals surface area (Å²) >= 11 is 5.87. The zero-order chi connectivity index (χ0) is 12.8. The molecule has 1 aliphatic heterocycles. The third-order valence-corrected chi connectivity index (χ3v) is 3.43. The van der Waals surface area contributed by atoms with E-state index in [1.807, 2.05) is 12.1 Å². The maximum atomic E-state index is 5.87. The lowest BCUT2D eigenvalue weighted by Crippen LogP contribution is -2.39. The molecule has 1 unspecified atom stereocenters. The second-order valence-corrected chi connectivity index (χ2v) is 5.00. The molecule has 1 saturated heterocycles. The average molecular weight is 270 g/mol. The fraction of sp³-hybridized carbons (Fsp3) is 0.615. The largest absolute Gasteiger partial charge is 0.383 e. The Hall–Kier alpha value is -0.840. The van der Waals surface area contributed by atoms with Crippen molar-refractivity contribution in [2.24, 2.45) is 0 Å². The van der Waals surface area contributed by atoms with Crippen LogP contribution in [0, 0.1) is 0 Å². The number of nitrogens with one attached hydrogen (secondary N) is 1. The van der Waals surface area contributed by atoms with Crippen molar-refractivity contribution in [3.05, 3.63) is 23.4 Å². The fourth-order valence-electron chi connectivity index (χ4n) is 2.23. The monoisotopic (exact) mass is 269 g/mol. The fourth-order valence-corrected chi connectivity index (χ4v) is 2.35. The number of pyridine rings is 1. The molecule has 100 valence electrons. The average Bonchev–Trinajstić information content (AvgIpc) is 2.88. The molecule has 2 rings (SSSR count). The van der Waals surface area contributed by atoms with Crippen molar-refractivity contribution < 1.29 is 4.74 Å². The van der Waals surface area contributed by atoms with Gasteiger partial charge < -0.3 is 15.0 Å². The molecule has 0 bridgehead atoms. The summed E-state index contributed by atoms with van der Waals surface area (Å²) in [6.45, 7) is 3.65. The number of methoxy groups -OCH3 is 1. The van der Waals surface area contributed by atoms with Gasteiger partial charge >= 0.3 is 0 Å². The Labute approximate surface area is 113 Å². The molecule has 1 aliphatic rings. The van der Waals surface area contributed by atoms with Crippen LogP contribution in [-0.4, -0.2) is 44.4 Å². The molecule has 1 aromatic heterocycles. The van der Waals surface area contributed by atoms with Gasteiger partial charge in [0.2, 0.25) is 0 Å². The number of hydrogen-bond acceptors (Lipinski definition) is 4. The Morgan fingerprint density at radius 1 is 1.56 bits per heavy atom. The number of rotatable bonds is 6. The molecule has 4 nitrogen and oxygen atoms in total. The molecular formula is C13H20ClN3O. The van der Waals surface area contributed by atoms with Crippen molar-refractivity contribution in [1.29, 1.82) is 0 Å². The summed E-state index contributed by atoms with van der Waals surface area (Å²) in [5, 5.41) is 4.18. The smallest absolute Gasteiger partial charge is 0.128 e. The first-order chi connectivity index (χ1) is 8.79. The Balaban J connectivity index is 2.00. The van der Waals surface area contributed by atoms with Crippen LogP contribution in [0.3, 0.4) is 0 Å². The predicted molar refractivity (Wildman–Crippen MR) is 74.4 cm³/mol. The Bertz CT molecular complexity index is 352. The molecule has 0 aliphatic carbocycles. The maximum Gasteiger partial charge on any atom is 0.128 e. The van der Waals surface area contributed by atoms with E-state index in [0.29, 0.717) is 17.7 Å². The summed E-state index contributed by atoms with van der Waals surface area (Å²) in [4.78, 5) is 6.64. The van der Waals surface area contributed by atoms with Crippen molar-refractivity contribution in [3.63, 3.8) is 0 Å². The van der Waals surface area contributed by atoms with E-state index >= 15 is 0 Å². The van der Waals surface area contributed by atoms with Crippen molar-refractivity contribution in [3.8, 4) is 0 Å². The van der Waals surface area contributed by atoms with Crippen LogP contribution < -0.4 is 10.2 Å². The third-order valence-electron chi connectivity index (χ3n) is 3.20. The van der Waals surface area contributed by atoms with Gasteiger partial charge in [0.15, 0.2) is 0 Å². The van der Waals surface area contributed by atoms with Gasteiger partial charge in [0.05, 0.1) is 11.6 Å². The third kappa shape index (κ3) is 3.83. The SMILES string of the molecule is COCCN(CC1CCCN1)c1ccc(Cl)cn1. The van der Waals surface area contributed by atoms with Gasteiger partial charge in [-0.15, -0.1) is 0 Å². The van der Waals surface area contributed by atoms with Crippen molar-refractivity contribution in [2.45, 2.75) is 18.9 Å². The summed E-state index contributed by atoms with van der Waals surface area (Å²) in [6.07, 6.45) is 4.19. The minimum atomic E-state index is 0.555. The van der Waals surface area contributed by atoms with Crippen LogP contribution in [0.2, 0.25) is 5.02 Å². The number of anilines is 1. The Kier molecular flexibility index (Phi) is 5.23. The highest BCUT2D eigenvalue weighted by molar-refractivity contribution is 6.30. The molecule has 1 atom stereocenters. The van der Waals surface area contributed by atoms with Crippen LogP contribution in [0.4, 0.5) is 5.82 Å².